The Labute approximate surface area is 139 Å². The average Bonchev–Trinajstić information content (AvgIpc) is 2.54. The van der Waals surface area contributed by atoms with Gasteiger partial charge in [-0.1, -0.05) is 6.07 Å². The number of amides is 1. The fourth-order valence-electron chi connectivity index (χ4n) is 1.89. The summed E-state index contributed by atoms with van der Waals surface area (Å²) < 4.78 is 26.8. The molecule has 0 aliphatic carbocycles. The monoisotopic (exact) mass is 350 g/mol. The lowest BCUT2D eigenvalue weighted by atomic mass is 10.1. The molecule has 0 atom stereocenters. The molecule has 0 radical (unpaired) electrons. The second-order valence-electron chi connectivity index (χ2n) is 5.21. The van der Waals surface area contributed by atoms with Crippen LogP contribution in [0.3, 0.4) is 0 Å². The molecule has 0 aliphatic rings. The Morgan fingerprint density at radius 1 is 1.12 bits per heavy atom. The van der Waals surface area contributed by atoms with E-state index in [1.54, 1.807) is 12.1 Å². The Bertz CT molecular complexity index is 885. The molecule has 1 aromatic heterocycles. The zero-order valence-corrected chi connectivity index (χ0v) is 14.1. The fourth-order valence-corrected chi connectivity index (χ4v) is 3.00. The first-order valence-electron chi connectivity index (χ1n) is 7.20. The molecule has 2 aromatic rings. The smallest absolute Gasteiger partial charge is 0.271 e. The lowest BCUT2D eigenvalue weighted by Gasteiger charge is -2.09. The van der Waals surface area contributed by atoms with Gasteiger partial charge in [-0.3, -0.25) is 9.59 Å². The van der Waals surface area contributed by atoms with Gasteiger partial charge >= 0.3 is 0 Å². The predicted octanol–water partition coefficient (Wildman–Crippen LogP) is 0.0950. The van der Waals surface area contributed by atoms with E-state index in [1.807, 2.05) is 13.8 Å². The van der Waals surface area contributed by atoms with Crippen LogP contribution < -0.4 is 15.6 Å². The summed E-state index contributed by atoms with van der Waals surface area (Å²) in [5.41, 5.74) is 1.53. The molecule has 0 spiro atoms. The van der Waals surface area contributed by atoms with Crippen molar-refractivity contribution in [1.29, 1.82) is 0 Å². The molecule has 0 saturated carbocycles. The summed E-state index contributed by atoms with van der Waals surface area (Å²) in [7, 11) is -3.63. The standard InChI is InChI=1S/C15H18N4O4S/c1-10-3-4-12(9-11(10)2)24(22,23)17-8-7-16-15(21)13-5-6-14(20)19-18-13/h3-6,9,17H,7-8H2,1-2H3,(H,16,21)(H,19,20). The Morgan fingerprint density at radius 3 is 2.50 bits per heavy atom. The maximum Gasteiger partial charge on any atom is 0.271 e. The molecule has 1 amide bonds. The topological polar surface area (TPSA) is 121 Å². The molecule has 1 heterocycles. The van der Waals surface area contributed by atoms with Gasteiger partial charge in [-0.25, -0.2) is 18.2 Å². The van der Waals surface area contributed by atoms with Crippen molar-refractivity contribution in [2.75, 3.05) is 13.1 Å². The van der Waals surface area contributed by atoms with Crippen LogP contribution in [0.2, 0.25) is 0 Å². The van der Waals surface area contributed by atoms with Crippen LogP contribution in [0.1, 0.15) is 21.6 Å². The number of aryl methyl sites for hydroxylation is 2. The van der Waals surface area contributed by atoms with Crippen molar-refractivity contribution in [3.63, 3.8) is 0 Å². The number of sulfonamides is 1. The van der Waals surface area contributed by atoms with Gasteiger partial charge in [-0.05, 0) is 43.2 Å². The number of aromatic nitrogens is 2. The average molecular weight is 350 g/mol. The molecule has 8 nitrogen and oxygen atoms in total. The van der Waals surface area contributed by atoms with Crippen LogP contribution in [-0.2, 0) is 10.0 Å². The van der Waals surface area contributed by atoms with E-state index in [2.05, 4.69) is 20.2 Å². The quantitative estimate of drug-likeness (QED) is 0.638. The van der Waals surface area contributed by atoms with Crippen molar-refractivity contribution in [2.24, 2.45) is 0 Å². The second kappa shape index (κ2) is 7.37. The largest absolute Gasteiger partial charge is 0.349 e. The molecule has 0 unspecified atom stereocenters. The van der Waals surface area contributed by atoms with E-state index in [4.69, 9.17) is 0 Å². The lowest BCUT2D eigenvalue weighted by Crippen LogP contribution is -2.35. The van der Waals surface area contributed by atoms with Gasteiger partial charge in [0.1, 0.15) is 5.69 Å². The van der Waals surface area contributed by atoms with Gasteiger partial charge < -0.3 is 5.32 Å². The molecule has 0 aliphatic heterocycles. The van der Waals surface area contributed by atoms with Crippen LogP contribution in [0.5, 0.6) is 0 Å². The van der Waals surface area contributed by atoms with Crippen LogP contribution in [0.4, 0.5) is 0 Å². The first kappa shape index (κ1) is 17.8. The van der Waals surface area contributed by atoms with Crippen LogP contribution in [0, 0.1) is 13.8 Å². The number of hydrogen-bond acceptors (Lipinski definition) is 5. The predicted molar refractivity (Wildman–Crippen MR) is 88.3 cm³/mol. The molecule has 0 bridgehead atoms. The molecular formula is C15H18N4O4S. The summed E-state index contributed by atoms with van der Waals surface area (Å²) in [5.74, 6) is -0.503. The van der Waals surface area contributed by atoms with E-state index in [9.17, 15) is 18.0 Å². The van der Waals surface area contributed by atoms with E-state index in [0.717, 1.165) is 11.1 Å². The van der Waals surface area contributed by atoms with E-state index < -0.39 is 21.5 Å². The summed E-state index contributed by atoms with van der Waals surface area (Å²) in [6, 6.07) is 7.35. The number of nitrogens with one attached hydrogen (secondary N) is 3. The number of carbonyl (C=O) groups excluding carboxylic acids is 1. The highest BCUT2D eigenvalue weighted by Gasteiger charge is 2.14. The number of hydrogen-bond donors (Lipinski definition) is 3. The highest BCUT2D eigenvalue weighted by molar-refractivity contribution is 7.89. The number of benzene rings is 1. The van der Waals surface area contributed by atoms with Crippen LogP contribution in [0.25, 0.3) is 0 Å². The molecule has 24 heavy (non-hydrogen) atoms. The first-order valence-corrected chi connectivity index (χ1v) is 8.69. The van der Waals surface area contributed by atoms with Gasteiger partial charge in [-0.2, -0.15) is 5.10 Å². The van der Waals surface area contributed by atoms with Gasteiger partial charge in [0.15, 0.2) is 0 Å². The van der Waals surface area contributed by atoms with Crippen molar-refractivity contribution in [1.82, 2.24) is 20.2 Å². The van der Waals surface area contributed by atoms with Gasteiger partial charge in [-0.15, -0.1) is 0 Å². The van der Waals surface area contributed by atoms with E-state index in [1.165, 1.54) is 18.2 Å². The lowest BCUT2D eigenvalue weighted by molar-refractivity contribution is 0.0948. The highest BCUT2D eigenvalue weighted by Crippen LogP contribution is 2.14. The zero-order chi connectivity index (χ0) is 17.7. The Morgan fingerprint density at radius 2 is 1.88 bits per heavy atom. The summed E-state index contributed by atoms with van der Waals surface area (Å²) >= 11 is 0. The minimum absolute atomic E-state index is 0.0321. The molecule has 3 N–H and O–H groups in total. The van der Waals surface area contributed by atoms with Gasteiger partial charge in [0.25, 0.3) is 11.5 Å². The third kappa shape index (κ3) is 4.49. The van der Waals surface area contributed by atoms with E-state index in [0.29, 0.717) is 0 Å². The normalized spacial score (nSPS) is 11.2. The molecule has 9 heteroatoms. The second-order valence-corrected chi connectivity index (χ2v) is 6.97. The summed E-state index contributed by atoms with van der Waals surface area (Å²) in [6.07, 6.45) is 0. The minimum atomic E-state index is -3.63. The van der Waals surface area contributed by atoms with Crippen molar-refractivity contribution in [2.45, 2.75) is 18.7 Å². The SMILES string of the molecule is Cc1ccc(S(=O)(=O)NCCNC(=O)c2ccc(=O)[nH]n2)cc1C. The molecule has 1 aromatic carbocycles. The molecule has 0 saturated heterocycles. The van der Waals surface area contributed by atoms with Crippen molar-refractivity contribution < 1.29 is 13.2 Å². The Kier molecular flexibility index (Phi) is 5.47. The van der Waals surface area contributed by atoms with E-state index >= 15 is 0 Å². The molecule has 128 valence electrons. The number of carbonyl (C=O) groups is 1. The first-order chi connectivity index (χ1) is 11.3. The highest BCUT2D eigenvalue weighted by atomic mass is 32.2. The Hall–Kier alpha value is -2.52. The summed E-state index contributed by atoms with van der Waals surface area (Å²) in [6.45, 7) is 3.86. The van der Waals surface area contributed by atoms with Crippen LogP contribution in [-0.4, -0.2) is 37.6 Å². The van der Waals surface area contributed by atoms with Crippen LogP contribution >= 0.6 is 0 Å². The summed E-state index contributed by atoms with van der Waals surface area (Å²) in [4.78, 5) is 22.8. The van der Waals surface area contributed by atoms with Gasteiger partial charge in [0.2, 0.25) is 10.0 Å². The molecule has 0 fully saturated rings. The number of rotatable bonds is 6. The van der Waals surface area contributed by atoms with Gasteiger partial charge in [0.05, 0.1) is 4.90 Å². The Balaban J connectivity index is 1.89. The van der Waals surface area contributed by atoms with Gasteiger partial charge in [0, 0.05) is 19.2 Å². The van der Waals surface area contributed by atoms with E-state index in [-0.39, 0.29) is 23.7 Å². The third-order valence-electron chi connectivity index (χ3n) is 3.40. The third-order valence-corrected chi connectivity index (χ3v) is 4.86. The summed E-state index contributed by atoms with van der Waals surface area (Å²) in [5, 5.41) is 8.24. The number of H-pyrrole nitrogens is 1. The minimum Gasteiger partial charge on any atom is -0.349 e. The maximum atomic E-state index is 12.2. The fraction of sp³-hybridized carbons (Fsp3) is 0.267. The zero-order valence-electron chi connectivity index (χ0n) is 13.3. The van der Waals surface area contributed by atoms with Crippen molar-refractivity contribution in [3.05, 3.63) is 57.5 Å². The maximum absolute atomic E-state index is 12.2. The van der Waals surface area contributed by atoms with Crippen LogP contribution in [0.15, 0.2) is 40.0 Å². The number of nitrogens with zero attached hydrogens (tertiary/aromatic N) is 1. The number of aromatic amines is 1. The van der Waals surface area contributed by atoms with Crippen molar-refractivity contribution in [3.8, 4) is 0 Å². The molecule has 2 rings (SSSR count). The van der Waals surface area contributed by atoms with Crippen molar-refractivity contribution >= 4 is 15.9 Å². The molecular weight excluding hydrogens is 332 g/mol.